The summed E-state index contributed by atoms with van der Waals surface area (Å²) in [6.45, 7) is 0. The van der Waals surface area contributed by atoms with Gasteiger partial charge in [0.05, 0.1) is 15.6 Å². The van der Waals surface area contributed by atoms with E-state index in [0.717, 1.165) is 12.8 Å². The lowest BCUT2D eigenvalue weighted by Crippen LogP contribution is -2.37. The van der Waals surface area contributed by atoms with Crippen LogP contribution in [0, 0.1) is 0 Å². The highest BCUT2D eigenvalue weighted by Gasteiger charge is 2.24. The molecule has 5 heteroatoms. The van der Waals surface area contributed by atoms with E-state index in [-0.39, 0.29) is 17.0 Å². The molecule has 3 nitrogen and oxygen atoms in total. The molecule has 0 spiro atoms. The van der Waals surface area contributed by atoms with Gasteiger partial charge < -0.3 is 10.6 Å². The summed E-state index contributed by atoms with van der Waals surface area (Å²) in [5.41, 5.74) is 6.60. The molecule has 20 heavy (non-hydrogen) atoms. The normalized spacial score (nSPS) is 16.8. The van der Waals surface area contributed by atoms with Crippen LogP contribution in [-0.2, 0) is 0 Å². The Morgan fingerprint density at radius 3 is 2.40 bits per heavy atom. The molecule has 0 heterocycles. The summed E-state index contributed by atoms with van der Waals surface area (Å²) in [4.78, 5) is 14.4. The maximum absolute atomic E-state index is 12.6. The number of benzene rings is 1. The van der Waals surface area contributed by atoms with E-state index < -0.39 is 0 Å². The fraction of sp³-hybridized carbons (Fsp3) is 0.533. The number of hydrogen-bond donors (Lipinski definition) is 1. The number of nitrogen functional groups attached to an aromatic ring is 1. The van der Waals surface area contributed by atoms with E-state index in [1.54, 1.807) is 17.0 Å². The Balaban J connectivity index is 2.21. The molecule has 1 aliphatic carbocycles. The Morgan fingerprint density at radius 1 is 1.20 bits per heavy atom. The van der Waals surface area contributed by atoms with Gasteiger partial charge >= 0.3 is 0 Å². The second kappa shape index (κ2) is 6.68. The fourth-order valence-electron chi connectivity index (χ4n) is 2.77. The standard InChI is InChI=1S/C15H20Cl2N2O/c1-19(11-6-4-2-3-5-7-11)15(20)12-8-10(18)9-13(16)14(12)17/h8-9,11H,2-7,18H2,1H3. The third-order valence-electron chi connectivity index (χ3n) is 3.97. The van der Waals surface area contributed by atoms with Crippen molar-refractivity contribution in [2.45, 2.75) is 44.6 Å². The summed E-state index contributed by atoms with van der Waals surface area (Å²) < 4.78 is 0. The van der Waals surface area contributed by atoms with Gasteiger partial charge in [-0.2, -0.15) is 0 Å². The summed E-state index contributed by atoms with van der Waals surface area (Å²) in [5, 5.41) is 0.607. The van der Waals surface area contributed by atoms with Gasteiger partial charge in [0.25, 0.3) is 5.91 Å². The zero-order valence-corrected chi connectivity index (χ0v) is 13.2. The summed E-state index contributed by atoms with van der Waals surface area (Å²) in [6.07, 6.45) is 6.96. The maximum atomic E-state index is 12.6. The predicted octanol–water partition coefficient (Wildman–Crippen LogP) is 4.37. The number of rotatable bonds is 2. The van der Waals surface area contributed by atoms with Crippen molar-refractivity contribution in [3.05, 3.63) is 27.7 Å². The number of hydrogen-bond acceptors (Lipinski definition) is 2. The third kappa shape index (κ3) is 3.39. The van der Waals surface area contributed by atoms with Crippen LogP contribution in [0.2, 0.25) is 10.0 Å². The number of nitrogens with two attached hydrogens (primary N) is 1. The van der Waals surface area contributed by atoms with Gasteiger partial charge in [0, 0.05) is 18.8 Å². The molecule has 2 N–H and O–H groups in total. The first kappa shape index (κ1) is 15.5. The van der Waals surface area contributed by atoms with Crippen LogP contribution in [0.4, 0.5) is 5.69 Å². The molecule has 0 aromatic heterocycles. The van der Waals surface area contributed by atoms with E-state index in [2.05, 4.69) is 0 Å². The number of amides is 1. The van der Waals surface area contributed by atoms with Crippen molar-refractivity contribution in [2.75, 3.05) is 12.8 Å². The van der Waals surface area contributed by atoms with Crippen molar-refractivity contribution in [1.82, 2.24) is 4.90 Å². The van der Waals surface area contributed by atoms with Crippen LogP contribution in [0.25, 0.3) is 0 Å². The minimum Gasteiger partial charge on any atom is -0.399 e. The first-order chi connectivity index (χ1) is 9.50. The highest BCUT2D eigenvalue weighted by Crippen LogP contribution is 2.31. The molecule has 110 valence electrons. The van der Waals surface area contributed by atoms with Crippen LogP contribution in [0.15, 0.2) is 12.1 Å². The van der Waals surface area contributed by atoms with Crippen LogP contribution < -0.4 is 5.73 Å². The van der Waals surface area contributed by atoms with E-state index in [1.165, 1.54) is 25.7 Å². The van der Waals surface area contributed by atoms with E-state index in [9.17, 15) is 4.79 Å². The molecule has 2 rings (SSSR count). The van der Waals surface area contributed by atoms with Gasteiger partial charge in [-0.3, -0.25) is 4.79 Å². The number of halogens is 2. The van der Waals surface area contributed by atoms with Crippen molar-refractivity contribution in [2.24, 2.45) is 0 Å². The Bertz CT molecular complexity index is 497. The van der Waals surface area contributed by atoms with Gasteiger partial charge in [-0.05, 0) is 25.0 Å². The smallest absolute Gasteiger partial charge is 0.255 e. The van der Waals surface area contributed by atoms with E-state index in [1.807, 2.05) is 7.05 Å². The molecule has 1 aliphatic rings. The molecule has 1 fully saturated rings. The molecular weight excluding hydrogens is 295 g/mol. The average Bonchev–Trinajstić information content (AvgIpc) is 2.70. The van der Waals surface area contributed by atoms with Crippen LogP contribution in [-0.4, -0.2) is 23.9 Å². The molecule has 0 aliphatic heterocycles. The molecule has 1 amide bonds. The van der Waals surface area contributed by atoms with Crippen molar-refractivity contribution in [1.29, 1.82) is 0 Å². The third-order valence-corrected chi connectivity index (χ3v) is 4.78. The number of carbonyl (C=O) groups excluding carboxylic acids is 1. The van der Waals surface area contributed by atoms with Crippen molar-refractivity contribution in [3.63, 3.8) is 0 Å². The second-order valence-electron chi connectivity index (χ2n) is 5.43. The average molecular weight is 315 g/mol. The maximum Gasteiger partial charge on any atom is 0.255 e. The quantitative estimate of drug-likeness (QED) is 0.650. The van der Waals surface area contributed by atoms with E-state index in [0.29, 0.717) is 16.3 Å². The van der Waals surface area contributed by atoms with Gasteiger partial charge in [0.15, 0.2) is 0 Å². The van der Waals surface area contributed by atoms with Crippen molar-refractivity contribution in [3.8, 4) is 0 Å². The number of nitrogens with zero attached hydrogens (tertiary/aromatic N) is 1. The van der Waals surface area contributed by atoms with Crippen LogP contribution in [0.5, 0.6) is 0 Å². The van der Waals surface area contributed by atoms with Gasteiger partial charge in [-0.15, -0.1) is 0 Å². The molecule has 1 aromatic carbocycles. The molecule has 0 atom stereocenters. The summed E-state index contributed by atoms with van der Waals surface area (Å²) >= 11 is 12.1. The zero-order valence-electron chi connectivity index (χ0n) is 11.7. The minimum atomic E-state index is -0.101. The van der Waals surface area contributed by atoms with Gasteiger partial charge in [-0.25, -0.2) is 0 Å². The minimum absolute atomic E-state index is 0.101. The lowest BCUT2D eigenvalue weighted by molar-refractivity contribution is 0.0718. The highest BCUT2D eigenvalue weighted by atomic mass is 35.5. The number of carbonyl (C=O) groups is 1. The van der Waals surface area contributed by atoms with Crippen molar-refractivity contribution >= 4 is 34.8 Å². The summed E-state index contributed by atoms with van der Waals surface area (Å²) in [6, 6.07) is 3.44. The summed E-state index contributed by atoms with van der Waals surface area (Å²) in [7, 11) is 1.84. The number of anilines is 1. The Labute approximate surface area is 130 Å². The first-order valence-electron chi connectivity index (χ1n) is 7.02. The molecular formula is C15H20Cl2N2O. The molecule has 0 bridgehead atoms. The monoisotopic (exact) mass is 314 g/mol. The zero-order chi connectivity index (χ0) is 14.7. The van der Waals surface area contributed by atoms with Crippen LogP contribution in [0.3, 0.4) is 0 Å². The SMILES string of the molecule is CN(C(=O)c1cc(N)cc(Cl)c1Cl)C1CCCCCC1. The molecule has 1 aromatic rings. The van der Waals surface area contributed by atoms with Crippen LogP contribution in [0.1, 0.15) is 48.9 Å². The largest absolute Gasteiger partial charge is 0.399 e. The lowest BCUT2D eigenvalue weighted by Gasteiger charge is -2.27. The summed E-state index contributed by atoms with van der Waals surface area (Å²) in [5.74, 6) is -0.101. The van der Waals surface area contributed by atoms with Gasteiger partial charge in [0.1, 0.15) is 0 Å². The van der Waals surface area contributed by atoms with Crippen LogP contribution >= 0.6 is 23.2 Å². The molecule has 0 radical (unpaired) electrons. The van der Waals surface area contributed by atoms with E-state index >= 15 is 0 Å². The molecule has 1 saturated carbocycles. The van der Waals surface area contributed by atoms with E-state index in [4.69, 9.17) is 28.9 Å². The lowest BCUT2D eigenvalue weighted by atomic mass is 10.1. The van der Waals surface area contributed by atoms with Gasteiger partial charge in [-0.1, -0.05) is 48.9 Å². The second-order valence-corrected chi connectivity index (χ2v) is 6.21. The topological polar surface area (TPSA) is 46.3 Å². The van der Waals surface area contributed by atoms with Gasteiger partial charge in [0.2, 0.25) is 0 Å². The Kier molecular flexibility index (Phi) is 5.17. The molecule has 0 unspecified atom stereocenters. The predicted molar refractivity (Wildman–Crippen MR) is 84.5 cm³/mol. The highest BCUT2D eigenvalue weighted by molar-refractivity contribution is 6.44. The Hall–Kier alpha value is -0.930. The Morgan fingerprint density at radius 2 is 1.80 bits per heavy atom. The first-order valence-corrected chi connectivity index (χ1v) is 7.78. The molecule has 0 saturated heterocycles. The van der Waals surface area contributed by atoms with Crippen molar-refractivity contribution < 1.29 is 4.79 Å². The fourth-order valence-corrected chi connectivity index (χ4v) is 3.18.